The molecule has 0 fully saturated rings. The largest absolute Gasteiger partial charge is 0.433 e. The number of primary sulfonamides is 1. The van der Waals surface area contributed by atoms with Gasteiger partial charge in [0.25, 0.3) is 0 Å². The van der Waals surface area contributed by atoms with Crippen molar-refractivity contribution >= 4 is 21.2 Å². The molecular formula is C18H14F6N2O2S. The molecule has 0 spiro atoms. The smallest absolute Gasteiger partial charge is 0.251 e. The van der Waals surface area contributed by atoms with Crippen LogP contribution < -0.4 is 5.14 Å². The maximum Gasteiger partial charge on any atom is 0.433 e. The Balaban J connectivity index is 2.11. The van der Waals surface area contributed by atoms with E-state index < -0.39 is 33.6 Å². The lowest BCUT2D eigenvalue weighted by Crippen LogP contribution is -2.18. The molecule has 0 unspecified atom stereocenters. The van der Waals surface area contributed by atoms with Crippen LogP contribution in [0.25, 0.3) is 11.1 Å². The highest BCUT2D eigenvalue weighted by Gasteiger charge is 2.45. The highest BCUT2D eigenvalue weighted by molar-refractivity contribution is 7.89. The van der Waals surface area contributed by atoms with Crippen molar-refractivity contribution < 1.29 is 34.8 Å². The molecule has 2 aromatic rings. The van der Waals surface area contributed by atoms with Gasteiger partial charge in [-0.1, -0.05) is 12.1 Å². The SMILES string of the molecule is NS(=O)(=O)c1ccc(C2=C(c3cnc(C(F)(F)F)c(C(F)(F)F)c3)CCC2)cc1. The minimum absolute atomic E-state index is 0.0478. The first-order chi connectivity index (χ1) is 13.3. The van der Waals surface area contributed by atoms with Gasteiger partial charge >= 0.3 is 12.4 Å². The summed E-state index contributed by atoms with van der Waals surface area (Å²) in [7, 11) is -3.91. The van der Waals surface area contributed by atoms with Crippen molar-refractivity contribution in [3.63, 3.8) is 0 Å². The summed E-state index contributed by atoms with van der Waals surface area (Å²) >= 11 is 0. The lowest BCUT2D eigenvalue weighted by atomic mass is 9.96. The Hall–Kier alpha value is -2.40. The number of nitrogens with zero attached hydrogens (tertiary/aromatic N) is 1. The Bertz CT molecular complexity index is 1070. The molecule has 0 atom stereocenters. The number of rotatable bonds is 3. The highest BCUT2D eigenvalue weighted by atomic mass is 32.2. The minimum Gasteiger partial charge on any atom is -0.251 e. The molecule has 1 heterocycles. The van der Waals surface area contributed by atoms with Gasteiger partial charge < -0.3 is 0 Å². The van der Waals surface area contributed by atoms with E-state index in [1.807, 2.05) is 0 Å². The molecule has 29 heavy (non-hydrogen) atoms. The second-order valence-electron chi connectivity index (χ2n) is 6.50. The van der Waals surface area contributed by atoms with Crippen LogP contribution in [0.1, 0.15) is 41.6 Å². The number of hydrogen-bond acceptors (Lipinski definition) is 3. The molecule has 1 aliphatic carbocycles. The van der Waals surface area contributed by atoms with Crippen LogP contribution in [0.2, 0.25) is 0 Å². The molecule has 0 aliphatic heterocycles. The van der Waals surface area contributed by atoms with E-state index in [4.69, 9.17) is 5.14 Å². The maximum absolute atomic E-state index is 13.2. The molecule has 156 valence electrons. The fourth-order valence-electron chi connectivity index (χ4n) is 3.30. The fourth-order valence-corrected chi connectivity index (χ4v) is 3.81. The summed E-state index contributed by atoms with van der Waals surface area (Å²) in [6, 6.07) is 5.92. The van der Waals surface area contributed by atoms with E-state index in [-0.39, 0.29) is 10.5 Å². The summed E-state index contributed by atoms with van der Waals surface area (Å²) in [5, 5.41) is 5.04. The number of halogens is 6. The van der Waals surface area contributed by atoms with Crippen molar-refractivity contribution in [2.45, 2.75) is 36.5 Å². The maximum atomic E-state index is 13.2. The third-order valence-electron chi connectivity index (χ3n) is 4.56. The number of nitrogens with two attached hydrogens (primary N) is 1. The van der Waals surface area contributed by atoms with E-state index in [1.165, 1.54) is 24.3 Å². The number of sulfonamides is 1. The third kappa shape index (κ3) is 4.45. The first-order valence-electron chi connectivity index (χ1n) is 8.28. The molecule has 0 amide bonds. The predicted octanol–water partition coefficient (Wildman–Crippen LogP) is 4.86. The van der Waals surface area contributed by atoms with Crippen LogP contribution >= 0.6 is 0 Å². The topological polar surface area (TPSA) is 73.1 Å². The molecule has 2 N–H and O–H groups in total. The van der Waals surface area contributed by atoms with E-state index in [2.05, 4.69) is 4.98 Å². The zero-order valence-corrected chi connectivity index (χ0v) is 15.4. The number of pyridine rings is 1. The van der Waals surface area contributed by atoms with Gasteiger partial charge in [-0.3, -0.25) is 4.98 Å². The number of alkyl halides is 6. The molecule has 1 aromatic carbocycles. The Morgan fingerprint density at radius 2 is 1.41 bits per heavy atom. The fraction of sp³-hybridized carbons (Fsp3) is 0.278. The van der Waals surface area contributed by atoms with Crippen LogP contribution in [0.4, 0.5) is 26.3 Å². The summed E-state index contributed by atoms with van der Waals surface area (Å²) < 4.78 is 101. The standard InChI is InChI=1S/C18H14F6N2O2S/c19-17(20,21)15-8-11(9-26-16(15)18(22,23)24)14-3-1-2-13(14)10-4-6-12(7-5-10)29(25,27)28/h4-9H,1-3H2,(H2,25,27,28). The minimum atomic E-state index is -5.24. The van der Waals surface area contributed by atoms with E-state index in [9.17, 15) is 34.8 Å². The van der Waals surface area contributed by atoms with Gasteiger partial charge in [0.05, 0.1) is 10.5 Å². The van der Waals surface area contributed by atoms with Crippen LogP contribution in [0.15, 0.2) is 41.4 Å². The molecule has 1 aromatic heterocycles. The predicted molar refractivity (Wildman–Crippen MR) is 92.7 cm³/mol. The van der Waals surface area contributed by atoms with Gasteiger partial charge in [0, 0.05) is 6.20 Å². The summed E-state index contributed by atoms with van der Waals surface area (Å²) in [5.41, 5.74) is -2.25. The van der Waals surface area contributed by atoms with Crippen molar-refractivity contribution in [3.05, 3.63) is 58.9 Å². The number of aromatic nitrogens is 1. The van der Waals surface area contributed by atoms with Crippen molar-refractivity contribution in [3.8, 4) is 0 Å². The third-order valence-corrected chi connectivity index (χ3v) is 5.49. The quantitative estimate of drug-likeness (QED) is 0.699. The van der Waals surface area contributed by atoms with Crippen LogP contribution in [-0.2, 0) is 22.4 Å². The van der Waals surface area contributed by atoms with Gasteiger partial charge in [-0.25, -0.2) is 13.6 Å². The van der Waals surface area contributed by atoms with Crippen LogP contribution in [-0.4, -0.2) is 13.4 Å². The molecular weight excluding hydrogens is 422 g/mol. The summed E-state index contributed by atoms with van der Waals surface area (Å²) in [6.07, 6.45) is -8.24. The van der Waals surface area contributed by atoms with Crippen LogP contribution in [0.5, 0.6) is 0 Å². The summed E-state index contributed by atoms with van der Waals surface area (Å²) in [4.78, 5) is 2.93. The Morgan fingerprint density at radius 3 is 1.90 bits per heavy atom. The Labute approximate surface area is 162 Å². The Morgan fingerprint density at radius 1 is 0.862 bits per heavy atom. The molecule has 1 aliphatic rings. The van der Waals surface area contributed by atoms with Gasteiger partial charge in [0.15, 0.2) is 5.69 Å². The Kier molecular flexibility index (Phi) is 5.24. The second-order valence-corrected chi connectivity index (χ2v) is 8.06. The van der Waals surface area contributed by atoms with Gasteiger partial charge in [0.2, 0.25) is 10.0 Å². The average molecular weight is 436 g/mol. The molecule has 0 saturated heterocycles. The lowest BCUT2D eigenvalue weighted by Gasteiger charge is -2.16. The molecule has 4 nitrogen and oxygen atoms in total. The van der Waals surface area contributed by atoms with Crippen LogP contribution in [0.3, 0.4) is 0 Å². The van der Waals surface area contributed by atoms with E-state index in [0.717, 1.165) is 6.20 Å². The van der Waals surface area contributed by atoms with E-state index in [0.29, 0.717) is 42.0 Å². The normalized spacial score (nSPS) is 15.8. The van der Waals surface area contributed by atoms with Crippen molar-refractivity contribution in [1.82, 2.24) is 4.98 Å². The first kappa shape index (κ1) is 21.3. The van der Waals surface area contributed by atoms with E-state index >= 15 is 0 Å². The molecule has 11 heteroatoms. The number of benzene rings is 1. The van der Waals surface area contributed by atoms with Gasteiger partial charge in [0.1, 0.15) is 0 Å². The lowest BCUT2D eigenvalue weighted by molar-refractivity contribution is -0.164. The highest BCUT2D eigenvalue weighted by Crippen LogP contribution is 2.44. The molecule has 0 radical (unpaired) electrons. The van der Waals surface area contributed by atoms with Crippen molar-refractivity contribution in [2.75, 3.05) is 0 Å². The van der Waals surface area contributed by atoms with Crippen LogP contribution in [0, 0.1) is 0 Å². The van der Waals surface area contributed by atoms with Gasteiger partial charge in [-0.05, 0) is 59.7 Å². The second kappa shape index (κ2) is 7.13. The van der Waals surface area contributed by atoms with Crippen molar-refractivity contribution in [2.24, 2.45) is 5.14 Å². The molecule has 0 saturated carbocycles. The van der Waals surface area contributed by atoms with Gasteiger partial charge in [-0.15, -0.1) is 0 Å². The monoisotopic (exact) mass is 436 g/mol. The zero-order valence-electron chi connectivity index (χ0n) is 14.6. The summed E-state index contributed by atoms with van der Waals surface area (Å²) in [5.74, 6) is 0. The van der Waals surface area contributed by atoms with Gasteiger partial charge in [-0.2, -0.15) is 26.3 Å². The summed E-state index contributed by atoms with van der Waals surface area (Å²) in [6.45, 7) is 0. The first-order valence-corrected chi connectivity index (χ1v) is 9.83. The number of hydrogen-bond donors (Lipinski definition) is 1. The zero-order chi connectivity index (χ0) is 21.6. The molecule has 0 bridgehead atoms. The van der Waals surface area contributed by atoms with Crippen molar-refractivity contribution in [1.29, 1.82) is 0 Å². The van der Waals surface area contributed by atoms with E-state index in [1.54, 1.807) is 0 Å². The molecule has 3 rings (SSSR count). The number of allylic oxidation sites excluding steroid dienone is 2. The average Bonchev–Trinajstić information content (AvgIpc) is 3.09.